The summed E-state index contributed by atoms with van der Waals surface area (Å²) in [6, 6.07) is 11.5. The van der Waals surface area contributed by atoms with E-state index in [2.05, 4.69) is 12.3 Å². The molecule has 2 rings (SSSR count). The fraction of sp³-hybridized carbons (Fsp3) is 0.200. The predicted molar refractivity (Wildman–Crippen MR) is 70.9 cm³/mol. The van der Waals surface area contributed by atoms with Gasteiger partial charge in [0.2, 0.25) is 0 Å². The van der Waals surface area contributed by atoms with E-state index in [1.54, 1.807) is 4.68 Å². The molecule has 2 aromatic rings. The zero-order chi connectivity index (χ0) is 13.0. The molecule has 3 nitrogen and oxygen atoms in total. The van der Waals surface area contributed by atoms with Crippen LogP contribution in [0.3, 0.4) is 0 Å². The standard InChI is InChI=1S/C15H16N2O/c1-3-13-8-10-17(11-9-13)16-15(18)14-7-5-4-6-12(14)2/h4-11H,3H2,1-2H3/p+1. The van der Waals surface area contributed by atoms with Gasteiger partial charge in [0, 0.05) is 17.7 Å². The number of carbonyl (C=O) groups is 1. The monoisotopic (exact) mass is 241 g/mol. The third kappa shape index (κ3) is 2.74. The summed E-state index contributed by atoms with van der Waals surface area (Å²) in [6.07, 6.45) is 4.70. The van der Waals surface area contributed by atoms with Crippen molar-refractivity contribution in [3.8, 4) is 0 Å². The Morgan fingerprint density at radius 1 is 1.17 bits per heavy atom. The van der Waals surface area contributed by atoms with Gasteiger partial charge in [-0.2, -0.15) is 0 Å². The number of pyridine rings is 1. The number of hydrogen-bond acceptors (Lipinski definition) is 1. The summed E-state index contributed by atoms with van der Waals surface area (Å²) in [6.45, 7) is 4.03. The number of aromatic nitrogens is 1. The first-order chi connectivity index (χ1) is 8.70. The van der Waals surface area contributed by atoms with E-state index < -0.39 is 0 Å². The minimum absolute atomic E-state index is 0.0950. The zero-order valence-corrected chi connectivity index (χ0v) is 10.7. The molecule has 0 aliphatic carbocycles. The molecule has 0 radical (unpaired) electrons. The second kappa shape index (κ2) is 5.45. The van der Waals surface area contributed by atoms with Crippen LogP contribution in [0, 0.1) is 6.92 Å². The number of nitrogens with one attached hydrogen (secondary N) is 1. The summed E-state index contributed by atoms with van der Waals surface area (Å²) in [4.78, 5) is 12.1. The molecule has 92 valence electrons. The molecule has 1 aromatic heterocycles. The van der Waals surface area contributed by atoms with Crippen LogP contribution in [0.5, 0.6) is 0 Å². The van der Waals surface area contributed by atoms with Crippen molar-refractivity contribution in [2.24, 2.45) is 0 Å². The maximum Gasteiger partial charge on any atom is 0.305 e. The number of carbonyl (C=O) groups excluding carboxylic acids is 1. The van der Waals surface area contributed by atoms with E-state index in [-0.39, 0.29) is 5.91 Å². The van der Waals surface area contributed by atoms with Gasteiger partial charge < -0.3 is 0 Å². The van der Waals surface area contributed by atoms with Crippen molar-refractivity contribution >= 4 is 5.91 Å². The normalized spacial score (nSPS) is 10.1. The number of nitrogens with zero attached hydrogens (tertiary/aromatic N) is 1. The van der Waals surface area contributed by atoms with E-state index in [1.165, 1.54) is 5.56 Å². The van der Waals surface area contributed by atoms with E-state index in [4.69, 9.17) is 0 Å². The summed E-state index contributed by atoms with van der Waals surface area (Å²) in [7, 11) is 0. The molecule has 1 aromatic carbocycles. The summed E-state index contributed by atoms with van der Waals surface area (Å²) < 4.78 is 1.67. The van der Waals surface area contributed by atoms with Gasteiger partial charge in [-0.1, -0.05) is 29.8 Å². The highest BCUT2D eigenvalue weighted by Crippen LogP contribution is 2.06. The molecule has 0 aliphatic rings. The van der Waals surface area contributed by atoms with Crippen molar-refractivity contribution < 1.29 is 9.47 Å². The van der Waals surface area contributed by atoms with E-state index in [0.29, 0.717) is 5.56 Å². The molecule has 0 atom stereocenters. The van der Waals surface area contributed by atoms with Crippen molar-refractivity contribution in [1.82, 2.24) is 0 Å². The first-order valence-electron chi connectivity index (χ1n) is 6.08. The number of hydrogen-bond donors (Lipinski definition) is 1. The number of aryl methyl sites for hydroxylation is 2. The van der Waals surface area contributed by atoms with Gasteiger partial charge in [0.05, 0.1) is 0 Å². The first kappa shape index (κ1) is 12.3. The van der Waals surface area contributed by atoms with Crippen LogP contribution in [0.2, 0.25) is 0 Å². The van der Waals surface area contributed by atoms with Crippen LogP contribution in [0.1, 0.15) is 28.4 Å². The third-order valence-electron chi connectivity index (χ3n) is 2.93. The molecule has 0 bridgehead atoms. The van der Waals surface area contributed by atoms with E-state index in [9.17, 15) is 4.79 Å². The second-order valence-electron chi connectivity index (χ2n) is 4.22. The highest BCUT2D eigenvalue weighted by Gasteiger charge is 2.12. The Bertz CT molecular complexity index is 547. The van der Waals surface area contributed by atoms with Gasteiger partial charge in [0.1, 0.15) is 0 Å². The van der Waals surface area contributed by atoms with Crippen molar-refractivity contribution in [1.29, 1.82) is 0 Å². The minimum Gasteiger partial charge on any atom is -0.264 e. The fourth-order valence-corrected chi connectivity index (χ4v) is 1.77. The SMILES string of the molecule is CCc1cc[n+](NC(=O)c2ccccc2C)cc1. The quantitative estimate of drug-likeness (QED) is 0.821. The Hall–Kier alpha value is -2.16. The molecule has 18 heavy (non-hydrogen) atoms. The molecule has 1 amide bonds. The average molecular weight is 241 g/mol. The summed E-state index contributed by atoms with van der Waals surface area (Å²) in [5.41, 5.74) is 5.75. The van der Waals surface area contributed by atoms with Crippen molar-refractivity contribution in [2.75, 3.05) is 5.43 Å². The van der Waals surface area contributed by atoms with Gasteiger partial charge in [-0.05, 0) is 30.5 Å². The molecule has 0 saturated carbocycles. The molecule has 0 unspecified atom stereocenters. The van der Waals surface area contributed by atoms with Gasteiger partial charge >= 0.3 is 5.91 Å². The molecule has 1 heterocycles. The second-order valence-corrected chi connectivity index (χ2v) is 4.22. The number of benzene rings is 1. The average Bonchev–Trinajstić information content (AvgIpc) is 2.40. The molecule has 0 aliphatic heterocycles. The van der Waals surface area contributed by atoms with Crippen molar-refractivity contribution in [2.45, 2.75) is 20.3 Å². The van der Waals surface area contributed by atoms with Gasteiger partial charge in [-0.15, -0.1) is 5.43 Å². The molecule has 3 heteroatoms. The van der Waals surface area contributed by atoms with E-state index >= 15 is 0 Å². The number of amides is 1. The van der Waals surface area contributed by atoms with Gasteiger partial charge in [-0.25, -0.2) is 0 Å². The van der Waals surface area contributed by atoms with Crippen LogP contribution in [-0.2, 0) is 6.42 Å². The maximum absolute atomic E-state index is 12.1. The topological polar surface area (TPSA) is 33.0 Å². The lowest BCUT2D eigenvalue weighted by Gasteiger charge is -2.03. The van der Waals surface area contributed by atoms with Crippen molar-refractivity contribution in [3.63, 3.8) is 0 Å². The molecule has 0 fully saturated rings. The molecule has 0 saturated heterocycles. The predicted octanol–water partition coefficient (Wildman–Crippen LogP) is 2.23. The van der Waals surface area contributed by atoms with Crippen LogP contribution in [0.15, 0.2) is 48.8 Å². The highest BCUT2D eigenvalue weighted by atomic mass is 16.2. The fourth-order valence-electron chi connectivity index (χ4n) is 1.77. The summed E-state index contributed by atoms with van der Waals surface area (Å²) in [5, 5.41) is 0. The van der Waals surface area contributed by atoms with Crippen molar-refractivity contribution in [3.05, 3.63) is 65.5 Å². The lowest BCUT2D eigenvalue weighted by atomic mass is 10.1. The van der Waals surface area contributed by atoms with Crippen LogP contribution in [0.4, 0.5) is 0 Å². The lowest BCUT2D eigenvalue weighted by molar-refractivity contribution is -0.641. The van der Waals surface area contributed by atoms with E-state index in [1.807, 2.05) is 55.7 Å². The van der Waals surface area contributed by atoms with Gasteiger partial charge in [0.15, 0.2) is 12.4 Å². The largest absolute Gasteiger partial charge is 0.305 e. The van der Waals surface area contributed by atoms with Crippen LogP contribution in [-0.4, -0.2) is 5.91 Å². The van der Waals surface area contributed by atoms with Crippen LogP contribution in [0.25, 0.3) is 0 Å². The van der Waals surface area contributed by atoms with Gasteiger partial charge in [0.25, 0.3) is 0 Å². The number of rotatable bonds is 3. The molecule has 0 spiro atoms. The summed E-state index contributed by atoms with van der Waals surface area (Å²) >= 11 is 0. The summed E-state index contributed by atoms with van der Waals surface area (Å²) in [5.74, 6) is -0.0950. The molecule has 1 N–H and O–H groups in total. The Labute approximate surface area is 107 Å². The Balaban J connectivity index is 2.14. The zero-order valence-electron chi connectivity index (χ0n) is 10.7. The van der Waals surface area contributed by atoms with Crippen LogP contribution >= 0.6 is 0 Å². The Kier molecular flexibility index (Phi) is 3.72. The minimum atomic E-state index is -0.0950. The van der Waals surface area contributed by atoms with E-state index in [0.717, 1.165) is 12.0 Å². The molecular weight excluding hydrogens is 224 g/mol. The smallest absolute Gasteiger partial charge is 0.264 e. The van der Waals surface area contributed by atoms with Gasteiger partial charge in [-0.3, -0.25) is 4.79 Å². The lowest BCUT2D eigenvalue weighted by Crippen LogP contribution is -2.47. The Morgan fingerprint density at radius 2 is 1.83 bits per heavy atom. The third-order valence-corrected chi connectivity index (χ3v) is 2.93. The molecular formula is C15H17N2O+. The first-order valence-corrected chi connectivity index (χ1v) is 6.08. The van der Waals surface area contributed by atoms with Crippen LogP contribution < -0.4 is 10.1 Å². The highest BCUT2D eigenvalue weighted by molar-refractivity contribution is 5.99. The maximum atomic E-state index is 12.1. The Morgan fingerprint density at radius 3 is 2.44 bits per heavy atom.